The number of ether oxygens (including phenoxy) is 1. The Hall–Kier alpha value is -2.22. The van der Waals surface area contributed by atoms with E-state index in [-0.39, 0.29) is 29.6 Å². The van der Waals surface area contributed by atoms with E-state index in [9.17, 15) is 14.4 Å². The molecule has 2 N–H and O–H groups in total. The molecule has 1 fully saturated rings. The van der Waals surface area contributed by atoms with E-state index in [0.29, 0.717) is 25.5 Å². The number of aromatic nitrogens is 2. The second-order valence-corrected chi connectivity index (χ2v) is 4.94. The predicted molar refractivity (Wildman–Crippen MR) is 74.8 cm³/mol. The van der Waals surface area contributed by atoms with Gasteiger partial charge in [0.15, 0.2) is 0 Å². The van der Waals surface area contributed by atoms with Gasteiger partial charge in [0, 0.05) is 32.7 Å². The maximum absolute atomic E-state index is 12.1. The maximum Gasteiger partial charge on any atom is 0.252 e. The number of hydrogen-bond acceptors (Lipinski definition) is 5. The molecular weight excluding hydrogens is 276 g/mol. The Bertz CT molecular complexity index is 598. The van der Waals surface area contributed by atoms with Gasteiger partial charge in [-0.25, -0.2) is 4.98 Å². The molecule has 1 aliphatic rings. The first-order chi connectivity index (χ1) is 9.99. The van der Waals surface area contributed by atoms with Crippen LogP contribution in [0.15, 0.2) is 10.9 Å². The second kappa shape index (κ2) is 6.49. The molecule has 1 aliphatic heterocycles. The minimum absolute atomic E-state index is 0.0674. The molecule has 114 valence electrons. The number of aryl methyl sites for hydroxylation is 1. The van der Waals surface area contributed by atoms with Crippen LogP contribution in [0, 0.1) is 12.8 Å². The molecule has 1 unspecified atom stereocenters. The highest BCUT2D eigenvalue weighted by molar-refractivity contribution is 5.96. The number of anilines is 1. The highest BCUT2D eigenvalue weighted by Crippen LogP contribution is 2.19. The van der Waals surface area contributed by atoms with Crippen LogP contribution in [-0.2, 0) is 14.3 Å². The number of hydrogen-bond donors (Lipinski definition) is 2. The fourth-order valence-corrected chi connectivity index (χ4v) is 2.24. The van der Waals surface area contributed by atoms with E-state index in [4.69, 9.17) is 4.74 Å². The van der Waals surface area contributed by atoms with Crippen LogP contribution in [0.3, 0.4) is 0 Å². The normalized spacial score (nSPS) is 18.1. The number of H-pyrrole nitrogens is 1. The molecule has 2 amide bonds. The molecule has 0 saturated carbocycles. The first kappa shape index (κ1) is 15.2. The minimum atomic E-state index is -0.434. The minimum Gasteiger partial charge on any atom is -0.383 e. The molecular formula is C13H18N4O4. The van der Waals surface area contributed by atoms with E-state index in [1.54, 1.807) is 18.9 Å². The van der Waals surface area contributed by atoms with Gasteiger partial charge in [0.25, 0.3) is 5.56 Å². The molecule has 1 aromatic rings. The lowest BCUT2D eigenvalue weighted by molar-refractivity contribution is -0.128. The SMILES string of the molecule is COCCN1CC(C(=O)Nc2cc(=O)[nH]c(C)n2)CC1=O. The van der Waals surface area contributed by atoms with E-state index >= 15 is 0 Å². The largest absolute Gasteiger partial charge is 0.383 e. The van der Waals surface area contributed by atoms with Crippen LogP contribution >= 0.6 is 0 Å². The Balaban J connectivity index is 1.98. The van der Waals surface area contributed by atoms with Gasteiger partial charge in [-0.05, 0) is 6.92 Å². The number of rotatable bonds is 5. The van der Waals surface area contributed by atoms with Gasteiger partial charge in [-0.15, -0.1) is 0 Å². The van der Waals surface area contributed by atoms with Crippen molar-refractivity contribution in [1.82, 2.24) is 14.9 Å². The molecule has 2 rings (SSSR count). The second-order valence-electron chi connectivity index (χ2n) is 4.94. The Kier molecular flexibility index (Phi) is 4.69. The Morgan fingerprint density at radius 3 is 3.00 bits per heavy atom. The number of methoxy groups -OCH3 is 1. The number of carbonyl (C=O) groups excluding carboxylic acids is 2. The molecule has 21 heavy (non-hydrogen) atoms. The van der Waals surface area contributed by atoms with Crippen LogP contribution in [0.2, 0.25) is 0 Å². The molecule has 0 aromatic carbocycles. The summed E-state index contributed by atoms with van der Waals surface area (Å²) in [6.07, 6.45) is 0.164. The van der Waals surface area contributed by atoms with Gasteiger partial charge in [0.1, 0.15) is 11.6 Å². The van der Waals surface area contributed by atoms with E-state index in [0.717, 1.165) is 0 Å². The number of aromatic amines is 1. The van der Waals surface area contributed by atoms with Crippen molar-refractivity contribution in [3.63, 3.8) is 0 Å². The third kappa shape index (κ3) is 3.88. The number of amides is 2. The van der Waals surface area contributed by atoms with Gasteiger partial charge >= 0.3 is 0 Å². The molecule has 1 atom stereocenters. The van der Waals surface area contributed by atoms with Crippen LogP contribution in [-0.4, -0.2) is 53.5 Å². The van der Waals surface area contributed by atoms with Crippen LogP contribution < -0.4 is 10.9 Å². The van der Waals surface area contributed by atoms with Crippen molar-refractivity contribution < 1.29 is 14.3 Å². The van der Waals surface area contributed by atoms with Gasteiger partial charge in [-0.3, -0.25) is 14.4 Å². The molecule has 8 heteroatoms. The fourth-order valence-electron chi connectivity index (χ4n) is 2.24. The predicted octanol–water partition coefficient (Wildman–Crippen LogP) is -0.488. The zero-order valence-electron chi connectivity index (χ0n) is 12.0. The van der Waals surface area contributed by atoms with Crippen molar-refractivity contribution in [1.29, 1.82) is 0 Å². The van der Waals surface area contributed by atoms with Crippen LogP contribution in [0.4, 0.5) is 5.82 Å². The molecule has 1 aromatic heterocycles. The molecule has 2 heterocycles. The Labute approximate surface area is 121 Å². The van der Waals surface area contributed by atoms with Crippen molar-refractivity contribution in [3.8, 4) is 0 Å². The molecule has 1 saturated heterocycles. The number of carbonyl (C=O) groups is 2. The average molecular weight is 294 g/mol. The van der Waals surface area contributed by atoms with Crippen molar-refractivity contribution >= 4 is 17.6 Å². The lowest BCUT2D eigenvalue weighted by atomic mass is 10.1. The van der Waals surface area contributed by atoms with E-state index in [1.165, 1.54) is 6.07 Å². The summed E-state index contributed by atoms with van der Waals surface area (Å²) in [5.41, 5.74) is -0.331. The molecule has 0 aliphatic carbocycles. The van der Waals surface area contributed by atoms with Crippen LogP contribution in [0.25, 0.3) is 0 Å². The zero-order valence-corrected chi connectivity index (χ0v) is 12.0. The molecule has 8 nitrogen and oxygen atoms in total. The Morgan fingerprint density at radius 2 is 2.33 bits per heavy atom. The highest BCUT2D eigenvalue weighted by Gasteiger charge is 2.34. The van der Waals surface area contributed by atoms with Gasteiger partial charge in [0.05, 0.1) is 12.5 Å². The van der Waals surface area contributed by atoms with Crippen LogP contribution in [0.1, 0.15) is 12.2 Å². The Morgan fingerprint density at radius 1 is 1.57 bits per heavy atom. The lowest BCUT2D eigenvalue weighted by Crippen LogP contribution is -2.31. The van der Waals surface area contributed by atoms with E-state index in [1.807, 2.05) is 0 Å². The topological polar surface area (TPSA) is 104 Å². The number of likely N-dealkylation sites (tertiary alicyclic amines) is 1. The molecule has 0 bridgehead atoms. The van der Waals surface area contributed by atoms with Gasteiger partial charge in [0.2, 0.25) is 11.8 Å². The van der Waals surface area contributed by atoms with Crippen molar-refractivity contribution in [2.75, 3.05) is 32.1 Å². The zero-order chi connectivity index (χ0) is 15.4. The van der Waals surface area contributed by atoms with Gasteiger partial charge in [-0.2, -0.15) is 0 Å². The quantitative estimate of drug-likeness (QED) is 0.762. The number of nitrogens with zero attached hydrogens (tertiary/aromatic N) is 2. The van der Waals surface area contributed by atoms with Crippen LogP contribution in [0.5, 0.6) is 0 Å². The summed E-state index contributed by atoms with van der Waals surface area (Å²) in [6, 6.07) is 1.21. The summed E-state index contributed by atoms with van der Waals surface area (Å²) in [4.78, 5) is 43.3. The van der Waals surface area contributed by atoms with Crippen molar-refractivity contribution in [3.05, 3.63) is 22.2 Å². The summed E-state index contributed by atoms with van der Waals surface area (Å²) in [5.74, 6) is -0.190. The first-order valence-corrected chi connectivity index (χ1v) is 6.65. The first-order valence-electron chi connectivity index (χ1n) is 6.65. The highest BCUT2D eigenvalue weighted by atomic mass is 16.5. The fraction of sp³-hybridized carbons (Fsp3) is 0.538. The average Bonchev–Trinajstić information content (AvgIpc) is 2.76. The standard InChI is InChI=1S/C13H18N4O4/c1-8-14-10(6-11(18)15-8)16-13(20)9-5-12(19)17(7-9)3-4-21-2/h6,9H,3-5,7H2,1-2H3,(H2,14,15,16,18,20). The van der Waals surface area contributed by atoms with E-state index < -0.39 is 5.92 Å². The van der Waals surface area contributed by atoms with Crippen molar-refractivity contribution in [2.24, 2.45) is 5.92 Å². The van der Waals surface area contributed by atoms with Gasteiger partial charge < -0.3 is 19.9 Å². The smallest absolute Gasteiger partial charge is 0.252 e. The monoisotopic (exact) mass is 294 g/mol. The summed E-state index contributed by atoms with van der Waals surface area (Å²) >= 11 is 0. The van der Waals surface area contributed by atoms with Gasteiger partial charge in [-0.1, -0.05) is 0 Å². The third-order valence-electron chi connectivity index (χ3n) is 3.26. The summed E-state index contributed by atoms with van der Waals surface area (Å²) < 4.78 is 4.93. The number of nitrogens with one attached hydrogen (secondary N) is 2. The molecule has 0 radical (unpaired) electrons. The van der Waals surface area contributed by atoms with E-state index in [2.05, 4.69) is 15.3 Å². The maximum atomic E-state index is 12.1. The van der Waals surface area contributed by atoms with Crippen molar-refractivity contribution in [2.45, 2.75) is 13.3 Å². The lowest BCUT2D eigenvalue weighted by Gasteiger charge is -2.15. The third-order valence-corrected chi connectivity index (χ3v) is 3.26. The summed E-state index contributed by atoms with van der Waals surface area (Å²) in [5, 5.41) is 2.58. The molecule has 0 spiro atoms. The summed E-state index contributed by atoms with van der Waals surface area (Å²) in [7, 11) is 1.56. The summed E-state index contributed by atoms with van der Waals surface area (Å²) in [6.45, 7) is 2.90.